The Kier molecular flexibility index (Phi) is 4.87. The van der Waals surface area contributed by atoms with E-state index < -0.39 is 0 Å². The van der Waals surface area contributed by atoms with Crippen LogP contribution in [0.1, 0.15) is 28.9 Å². The zero-order valence-corrected chi connectivity index (χ0v) is 16.3. The number of benzene rings is 1. The highest BCUT2D eigenvalue weighted by molar-refractivity contribution is 5.79. The summed E-state index contributed by atoms with van der Waals surface area (Å²) in [6.45, 7) is 8.96. The molecule has 0 saturated carbocycles. The van der Waals surface area contributed by atoms with Crippen LogP contribution in [-0.2, 0) is 11.3 Å². The van der Waals surface area contributed by atoms with E-state index in [2.05, 4.69) is 35.9 Å². The maximum atomic E-state index is 12.6. The Hall–Kier alpha value is -2.40. The van der Waals surface area contributed by atoms with Gasteiger partial charge in [0.05, 0.1) is 5.69 Å². The van der Waals surface area contributed by atoms with Crippen LogP contribution in [0.15, 0.2) is 36.4 Å². The number of aryl methyl sites for hydroxylation is 3. The van der Waals surface area contributed by atoms with E-state index in [0.29, 0.717) is 12.1 Å². The number of piperazine rings is 1. The van der Waals surface area contributed by atoms with E-state index in [1.165, 1.54) is 11.1 Å². The molecule has 0 N–H and O–H groups in total. The number of hydrogen-bond donors (Lipinski definition) is 0. The first kappa shape index (κ1) is 18.0. The molecular weight excluding hydrogens is 338 g/mol. The van der Waals surface area contributed by atoms with Gasteiger partial charge in [-0.15, -0.1) is 0 Å². The van der Waals surface area contributed by atoms with E-state index >= 15 is 0 Å². The first-order valence-electron chi connectivity index (χ1n) is 9.65. The monoisotopic (exact) mass is 365 g/mol. The molecule has 2 atom stereocenters. The smallest absolute Gasteiger partial charge is 0.261 e. The fourth-order valence-corrected chi connectivity index (χ4v) is 4.17. The molecule has 0 aliphatic carbocycles. The van der Waals surface area contributed by atoms with Gasteiger partial charge in [-0.3, -0.25) is 14.7 Å². The van der Waals surface area contributed by atoms with E-state index in [-0.39, 0.29) is 12.5 Å². The molecule has 2 aromatic rings. The van der Waals surface area contributed by atoms with Crippen LogP contribution < -0.4 is 4.74 Å². The minimum absolute atomic E-state index is 0.0998. The van der Waals surface area contributed by atoms with E-state index in [1.807, 2.05) is 36.1 Å². The lowest BCUT2D eigenvalue weighted by atomic mass is 9.87. The van der Waals surface area contributed by atoms with Crippen molar-refractivity contribution >= 4 is 5.91 Å². The summed E-state index contributed by atoms with van der Waals surface area (Å²) in [5.41, 5.74) is 4.57. The lowest BCUT2D eigenvalue weighted by Gasteiger charge is -2.56. The van der Waals surface area contributed by atoms with Gasteiger partial charge in [0.25, 0.3) is 5.91 Å². The Bertz CT molecular complexity index is 839. The number of piperidine rings is 1. The number of nitrogens with zero attached hydrogens (tertiary/aromatic N) is 3. The summed E-state index contributed by atoms with van der Waals surface area (Å²) in [5, 5.41) is 0. The number of ether oxygens (including phenoxy) is 1. The van der Waals surface area contributed by atoms with Crippen LogP contribution >= 0.6 is 0 Å². The molecule has 3 fully saturated rings. The topological polar surface area (TPSA) is 45.7 Å². The molecule has 3 aliphatic rings. The molecule has 2 bridgehead atoms. The fourth-order valence-electron chi connectivity index (χ4n) is 4.17. The van der Waals surface area contributed by atoms with Gasteiger partial charge in [-0.05, 0) is 62.6 Å². The van der Waals surface area contributed by atoms with Gasteiger partial charge in [0.15, 0.2) is 6.61 Å². The van der Waals surface area contributed by atoms with Crippen molar-refractivity contribution in [2.45, 2.75) is 45.8 Å². The number of fused-ring (bicyclic) bond motifs is 2. The number of carbonyl (C=O) groups is 1. The van der Waals surface area contributed by atoms with Crippen molar-refractivity contribution in [3.8, 4) is 5.75 Å². The number of hydrogen-bond acceptors (Lipinski definition) is 4. The van der Waals surface area contributed by atoms with Crippen molar-refractivity contribution in [3.63, 3.8) is 0 Å². The minimum Gasteiger partial charge on any atom is -0.484 e. The first-order chi connectivity index (χ1) is 13.0. The van der Waals surface area contributed by atoms with Crippen molar-refractivity contribution in [2.24, 2.45) is 0 Å². The van der Waals surface area contributed by atoms with E-state index in [1.54, 1.807) is 0 Å². The van der Waals surface area contributed by atoms with Gasteiger partial charge in [0.2, 0.25) is 0 Å². The van der Waals surface area contributed by atoms with Gasteiger partial charge in [-0.1, -0.05) is 12.1 Å². The molecule has 5 rings (SSSR count). The Balaban J connectivity index is 1.30. The molecule has 5 heteroatoms. The van der Waals surface area contributed by atoms with Crippen molar-refractivity contribution in [2.75, 3.05) is 19.7 Å². The third-order valence-electron chi connectivity index (χ3n) is 5.73. The van der Waals surface area contributed by atoms with Gasteiger partial charge in [0.1, 0.15) is 5.75 Å². The summed E-state index contributed by atoms with van der Waals surface area (Å²) >= 11 is 0. The molecule has 4 heterocycles. The van der Waals surface area contributed by atoms with Crippen molar-refractivity contribution in [1.82, 2.24) is 14.8 Å². The van der Waals surface area contributed by atoms with Crippen LogP contribution in [0.2, 0.25) is 0 Å². The standard InChI is InChI=1S/C22H27N3O2/c1-15-7-8-21(9-16(15)2)27-14-22(26)25-19-10-20(25)13-24(12-19)11-18-6-4-5-17(3)23-18/h4-9,19-20H,10-14H2,1-3H3. The molecule has 3 aliphatic heterocycles. The number of pyridine rings is 1. The van der Waals surface area contributed by atoms with Crippen molar-refractivity contribution in [1.29, 1.82) is 0 Å². The van der Waals surface area contributed by atoms with E-state index in [4.69, 9.17) is 4.74 Å². The number of amides is 1. The third-order valence-corrected chi connectivity index (χ3v) is 5.73. The lowest BCUT2D eigenvalue weighted by Crippen LogP contribution is -2.70. The zero-order chi connectivity index (χ0) is 19.0. The highest BCUT2D eigenvalue weighted by Gasteiger charge is 2.47. The van der Waals surface area contributed by atoms with Crippen LogP contribution in [0.25, 0.3) is 0 Å². The van der Waals surface area contributed by atoms with Crippen LogP contribution in [0.5, 0.6) is 5.75 Å². The SMILES string of the molecule is Cc1cccc(CN2CC3CC(C2)N3C(=O)COc2ccc(C)c(C)c2)n1. The Morgan fingerprint density at radius 2 is 1.89 bits per heavy atom. The van der Waals surface area contributed by atoms with Crippen molar-refractivity contribution < 1.29 is 9.53 Å². The molecule has 1 aromatic carbocycles. The van der Waals surface area contributed by atoms with Gasteiger partial charge in [0, 0.05) is 37.4 Å². The van der Waals surface area contributed by atoms with E-state index in [0.717, 1.165) is 43.2 Å². The van der Waals surface area contributed by atoms with Gasteiger partial charge < -0.3 is 9.64 Å². The summed E-state index contributed by atoms with van der Waals surface area (Å²) in [5.74, 6) is 0.868. The number of aromatic nitrogens is 1. The normalized spacial score (nSPS) is 21.7. The lowest BCUT2D eigenvalue weighted by molar-refractivity contribution is -0.156. The minimum atomic E-state index is 0.0998. The fraction of sp³-hybridized carbons (Fsp3) is 0.455. The van der Waals surface area contributed by atoms with Gasteiger partial charge >= 0.3 is 0 Å². The van der Waals surface area contributed by atoms with Crippen LogP contribution in [0.3, 0.4) is 0 Å². The predicted molar refractivity (Wildman–Crippen MR) is 105 cm³/mol. The molecular formula is C22H27N3O2. The quantitative estimate of drug-likeness (QED) is 0.817. The molecule has 0 radical (unpaired) electrons. The molecule has 2 unspecified atom stereocenters. The predicted octanol–water partition coefficient (Wildman–Crippen LogP) is 2.87. The maximum Gasteiger partial charge on any atom is 0.261 e. The molecule has 5 nitrogen and oxygen atoms in total. The summed E-state index contributed by atoms with van der Waals surface area (Å²) in [6, 6.07) is 12.7. The maximum absolute atomic E-state index is 12.6. The second-order valence-corrected chi connectivity index (χ2v) is 7.84. The summed E-state index contributed by atoms with van der Waals surface area (Å²) in [7, 11) is 0. The Morgan fingerprint density at radius 3 is 2.59 bits per heavy atom. The molecule has 0 spiro atoms. The molecule has 1 aromatic heterocycles. The Morgan fingerprint density at radius 1 is 1.11 bits per heavy atom. The second kappa shape index (κ2) is 7.31. The third kappa shape index (κ3) is 3.83. The largest absolute Gasteiger partial charge is 0.484 e. The summed E-state index contributed by atoms with van der Waals surface area (Å²) < 4.78 is 5.75. The zero-order valence-electron chi connectivity index (χ0n) is 16.3. The Labute approximate surface area is 161 Å². The highest BCUT2D eigenvalue weighted by atomic mass is 16.5. The highest BCUT2D eigenvalue weighted by Crippen LogP contribution is 2.33. The van der Waals surface area contributed by atoms with Crippen LogP contribution in [0.4, 0.5) is 0 Å². The summed E-state index contributed by atoms with van der Waals surface area (Å²) in [4.78, 5) is 21.7. The summed E-state index contributed by atoms with van der Waals surface area (Å²) in [6.07, 6.45) is 1.10. The van der Waals surface area contributed by atoms with Crippen molar-refractivity contribution in [3.05, 3.63) is 58.9 Å². The first-order valence-corrected chi connectivity index (χ1v) is 9.65. The van der Waals surface area contributed by atoms with Gasteiger partial charge in [-0.25, -0.2) is 0 Å². The molecule has 1 amide bonds. The van der Waals surface area contributed by atoms with Crippen LogP contribution in [0, 0.1) is 20.8 Å². The van der Waals surface area contributed by atoms with Crippen LogP contribution in [-0.4, -0.2) is 52.5 Å². The van der Waals surface area contributed by atoms with Gasteiger partial charge in [-0.2, -0.15) is 0 Å². The van der Waals surface area contributed by atoms with E-state index in [9.17, 15) is 4.79 Å². The molecule has 27 heavy (non-hydrogen) atoms. The number of carbonyl (C=O) groups excluding carboxylic acids is 1. The number of rotatable bonds is 5. The molecule has 142 valence electrons. The molecule has 3 saturated heterocycles. The second-order valence-electron chi connectivity index (χ2n) is 7.84. The average Bonchev–Trinajstić information content (AvgIpc) is 2.62. The average molecular weight is 365 g/mol.